The molecule has 0 radical (unpaired) electrons. The smallest absolute Gasteiger partial charge is 0.250 e. The number of hydrogen-bond donors (Lipinski definition) is 2. The van der Waals surface area contributed by atoms with Gasteiger partial charge < -0.3 is 4.90 Å². The molecule has 0 amide bonds. The molecule has 0 atom stereocenters. The third-order valence-corrected chi connectivity index (χ3v) is 6.91. The maximum absolute atomic E-state index is 9.74. The topological polar surface area (TPSA) is 51.4 Å². The highest BCUT2D eigenvalue weighted by atomic mass is 35.5. The van der Waals surface area contributed by atoms with Crippen LogP contribution in [-0.4, -0.2) is 31.2 Å². The first-order chi connectivity index (χ1) is 15.0. The van der Waals surface area contributed by atoms with Gasteiger partial charge in [-0.3, -0.25) is 9.88 Å². The number of benzene rings is 2. The number of nitrogens with one attached hydrogen (secondary N) is 2. The van der Waals surface area contributed by atoms with Crippen LogP contribution in [0.3, 0.4) is 0 Å². The van der Waals surface area contributed by atoms with Crippen molar-refractivity contribution in [3.8, 4) is 6.07 Å². The molecule has 0 spiro atoms. The predicted molar refractivity (Wildman–Crippen MR) is 124 cm³/mol. The molecule has 5 rings (SSSR count). The molecule has 0 aliphatic carbocycles. The van der Waals surface area contributed by atoms with Crippen molar-refractivity contribution in [2.24, 2.45) is 0 Å². The number of nitrogens with zero attached hydrogens (tertiary/aromatic N) is 3. The minimum atomic E-state index is 0.598. The fourth-order valence-electron chi connectivity index (χ4n) is 4.55. The van der Waals surface area contributed by atoms with Crippen LogP contribution in [-0.2, 0) is 6.54 Å². The number of hydrogen-bond acceptors (Lipinski definition) is 2. The summed E-state index contributed by atoms with van der Waals surface area (Å²) in [6, 6.07) is 18.6. The summed E-state index contributed by atoms with van der Waals surface area (Å²) >= 11 is 12.2. The van der Waals surface area contributed by atoms with Crippen LogP contribution in [0.5, 0.6) is 0 Å². The lowest BCUT2D eigenvalue weighted by Crippen LogP contribution is -3.13. The van der Waals surface area contributed by atoms with Crippen LogP contribution in [0.2, 0.25) is 10.0 Å². The number of piperazine rings is 1. The number of quaternary nitrogens is 1. The number of nitriles is 1. The van der Waals surface area contributed by atoms with Crippen molar-refractivity contribution >= 4 is 45.7 Å². The number of pyridine rings is 1. The second-order valence-corrected chi connectivity index (χ2v) is 8.98. The van der Waals surface area contributed by atoms with Gasteiger partial charge in [0.15, 0.2) is 0 Å². The Hall–Kier alpha value is -2.78. The number of aromatic amines is 1. The zero-order valence-electron chi connectivity index (χ0n) is 17.3. The summed E-state index contributed by atoms with van der Waals surface area (Å²) in [5.74, 6) is 1.14. The Morgan fingerprint density at radius 3 is 2.61 bits per heavy atom. The normalized spacial score (nSPS) is 15.0. The Balaban J connectivity index is 1.44. The highest BCUT2D eigenvalue weighted by Crippen LogP contribution is 2.23. The van der Waals surface area contributed by atoms with E-state index in [0.717, 1.165) is 60.8 Å². The highest BCUT2D eigenvalue weighted by Gasteiger charge is 2.29. The fourth-order valence-corrected chi connectivity index (χ4v) is 4.87. The van der Waals surface area contributed by atoms with Crippen LogP contribution in [0.15, 0.2) is 48.5 Å². The first-order valence-corrected chi connectivity index (χ1v) is 11.2. The molecule has 0 bridgehead atoms. The second kappa shape index (κ2) is 8.05. The number of para-hydroxylation sites is 2. The van der Waals surface area contributed by atoms with Gasteiger partial charge in [-0.05, 0) is 36.8 Å². The lowest BCUT2D eigenvalue weighted by molar-refractivity contribution is -0.914. The fraction of sp³-hybridized carbons (Fsp3) is 0.250. The summed E-state index contributed by atoms with van der Waals surface area (Å²) in [4.78, 5) is 7.41. The van der Waals surface area contributed by atoms with E-state index >= 15 is 0 Å². The molecule has 31 heavy (non-hydrogen) atoms. The number of fused-ring (bicyclic) bond motifs is 3. The van der Waals surface area contributed by atoms with Gasteiger partial charge >= 0.3 is 0 Å². The molecule has 1 aliphatic rings. The van der Waals surface area contributed by atoms with E-state index in [9.17, 15) is 5.26 Å². The number of rotatable bonds is 3. The van der Waals surface area contributed by atoms with E-state index in [2.05, 4.69) is 44.6 Å². The Bertz CT molecular complexity index is 1330. The van der Waals surface area contributed by atoms with Gasteiger partial charge in [-0.2, -0.15) is 9.66 Å². The van der Waals surface area contributed by atoms with Crippen LogP contribution in [0, 0.1) is 18.3 Å². The van der Waals surface area contributed by atoms with Crippen LogP contribution >= 0.6 is 23.2 Å². The molecule has 3 heterocycles. The average Bonchev–Trinajstić information content (AvgIpc) is 3.16. The highest BCUT2D eigenvalue weighted by molar-refractivity contribution is 6.42. The Kier molecular flexibility index (Phi) is 5.23. The second-order valence-electron chi connectivity index (χ2n) is 8.16. The van der Waals surface area contributed by atoms with Gasteiger partial charge in [0, 0.05) is 11.6 Å². The molecule has 1 fully saturated rings. The van der Waals surface area contributed by atoms with Crippen molar-refractivity contribution in [2.45, 2.75) is 13.5 Å². The van der Waals surface area contributed by atoms with Gasteiger partial charge in [0.2, 0.25) is 11.5 Å². The van der Waals surface area contributed by atoms with Crippen molar-refractivity contribution in [3.05, 3.63) is 75.3 Å². The summed E-state index contributed by atoms with van der Waals surface area (Å²) < 4.78 is 2.20. The Labute approximate surface area is 191 Å². The summed E-state index contributed by atoms with van der Waals surface area (Å²) in [5, 5.41) is 10.9. The maximum atomic E-state index is 9.74. The molecule has 4 aromatic rings. The molecule has 1 aliphatic heterocycles. The van der Waals surface area contributed by atoms with E-state index in [-0.39, 0.29) is 0 Å². The van der Waals surface area contributed by atoms with E-state index in [4.69, 9.17) is 23.2 Å². The van der Waals surface area contributed by atoms with Crippen LogP contribution in [0.25, 0.3) is 16.7 Å². The SMILES string of the molecule is Cc1cc(N2CC[NH+](Cc3ccc(Cl)c(Cl)c3)CC2)[n+]2c([nH]c3ccccc32)c1C#N. The lowest BCUT2D eigenvalue weighted by Gasteiger charge is -2.30. The van der Waals surface area contributed by atoms with Gasteiger partial charge in [0.1, 0.15) is 55.4 Å². The molecule has 2 N–H and O–H groups in total. The molecule has 0 unspecified atom stereocenters. The number of halogens is 2. The van der Waals surface area contributed by atoms with Crippen molar-refractivity contribution in [2.75, 3.05) is 31.1 Å². The first kappa shape index (κ1) is 20.1. The van der Waals surface area contributed by atoms with Gasteiger partial charge in [0.05, 0.1) is 10.0 Å². The predicted octanol–water partition coefficient (Wildman–Crippen LogP) is 3.30. The van der Waals surface area contributed by atoms with Gasteiger partial charge in [-0.1, -0.05) is 41.4 Å². The molecule has 5 nitrogen and oxygen atoms in total. The third-order valence-electron chi connectivity index (χ3n) is 6.17. The van der Waals surface area contributed by atoms with Crippen LogP contribution in [0.1, 0.15) is 16.7 Å². The van der Waals surface area contributed by atoms with Crippen LogP contribution in [0.4, 0.5) is 5.82 Å². The summed E-state index contributed by atoms with van der Waals surface area (Å²) in [5.41, 5.74) is 5.90. The van der Waals surface area contributed by atoms with E-state index in [1.165, 1.54) is 10.5 Å². The average molecular weight is 452 g/mol. The van der Waals surface area contributed by atoms with Crippen molar-refractivity contribution in [1.82, 2.24) is 4.98 Å². The molecular formula is C24H23Cl2N5+2. The molecular weight excluding hydrogens is 429 g/mol. The number of anilines is 1. The quantitative estimate of drug-likeness (QED) is 0.469. The monoisotopic (exact) mass is 451 g/mol. The third kappa shape index (κ3) is 3.61. The Morgan fingerprint density at radius 1 is 1.10 bits per heavy atom. The number of aryl methyl sites for hydroxylation is 1. The minimum absolute atomic E-state index is 0.598. The standard InChI is InChI=1S/C24H21Cl2N5/c1-16-12-23(31-22-5-3-2-4-21(22)28-24(31)18(16)14-27)30-10-8-29(9-11-30)15-17-6-7-19(25)20(26)13-17/h2-7,12-13H,8-11,15H2,1H3/p+2. The Morgan fingerprint density at radius 2 is 1.87 bits per heavy atom. The summed E-state index contributed by atoms with van der Waals surface area (Å²) in [6.45, 7) is 6.91. The molecule has 156 valence electrons. The van der Waals surface area contributed by atoms with E-state index in [1.807, 2.05) is 31.2 Å². The molecule has 2 aromatic heterocycles. The zero-order chi connectivity index (χ0) is 21.5. The van der Waals surface area contributed by atoms with Crippen LogP contribution < -0.4 is 14.2 Å². The first-order valence-electron chi connectivity index (χ1n) is 10.4. The number of aromatic nitrogens is 2. The number of imidazole rings is 1. The number of H-pyrrole nitrogens is 1. The lowest BCUT2D eigenvalue weighted by atomic mass is 10.1. The molecule has 1 saturated heterocycles. The van der Waals surface area contributed by atoms with Crippen molar-refractivity contribution < 1.29 is 9.30 Å². The van der Waals surface area contributed by atoms with E-state index in [0.29, 0.717) is 15.6 Å². The molecule has 2 aromatic carbocycles. The summed E-state index contributed by atoms with van der Waals surface area (Å²) in [6.07, 6.45) is 0. The van der Waals surface area contributed by atoms with E-state index in [1.54, 1.807) is 0 Å². The van der Waals surface area contributed by atoms with Gasteiger partial charge in [-0.15, -0.1) is 0 Å². The summed E-state index contributed by atoms with van der Waals surface area (Å²) in [7, 11) is 0. The largest absolute Gasteiger partial charge is 0.326 e. The zero-order valence-corrected chi connectivity index (χ0v) is 18.8. The van der Waals surface area contributed by atoms with Crippen molar-refractivity contribution in [1.29, 1.82) is 5.26 Å². The van der Waals surface area contributed by atoms with Gasteiger partial charge in [0.25, 0.3) is 0 Å². The molecule has 7 heteroatoms. The maximum Gasteiger partial charge on any atom is 0.250 e. The molecule has 0 saturated carbocycles. The van der Waals surface area contributed by atoms with E-state index < -0.39 is 0 Å². The van der Waals surface area contributed by atoms with Crippen molar-refractivity contribution in [3.63, 3.8) is 0 Å². The minimum Gasteiger partial charge on any atom is -0.326 e. The van der Waals surface area contributed by atoms with Gasteiger partial charge in [-0.25, -0.2) is 0 Å².